The van der Waals surface area contributed by atoms with E-state index in [0.717, 1.165) is 23.7 Å². The van der Waals surface area contributed by atoms with Crippen molar-refractivity contribution in [2.75, 3.05) is 39.3 Å². The number of hydrogen-bond donors (Lipinski definition) is 0. The Kier molecular flexibility index (Phi) is 12.1. The Morgan fingerprint density at radius 3 is 1.91 bits per heavy atom. The summed E-state index contributed by atoms with van der Waals surface area (Å²) in [4.78, 5) is 5.79. The van der Waals surface area contributed by atoms with Crippen molar-refractivity contribution in [3.63, 3.8) is 0 Å². The summed E-state index contributed by atoms with van der Waals surface area (Å²) in [7, 11) is 0. The third-order valence-electron chi connectivity index (χ3n) is 9.59. The molecule has 0 spiro atoms. The number of rotatable bonds is 0. The van der Waals surface area contributed by atoms with Crippen LogP contribution in [0.2, 0.25) is 0 Å². The molecule has 0 aromatic carbocycles. The van der Waals surface area contributed by atoms with Crippen molar-refractivity contribution in [1.82, 2.24) is 9.80 Å². The zero-order valence-corrected chi connectivity index (χ0v) is 22.5. The summed E-state index contributed by atoms with van der Waals surface area (Å²) in [5.74, 6) is 3.82. The minimum absolute atomic E-state index is 0.926. The Morgan fingerprint density at radius 1 is 0.441 bits per heavy atom. The minimum Gasteiger partial charge on any atom is -0.303 e. The van der Waals surface area contributed by atoms with E-state index < -0.39 is 0 Å². The van der Waals surface area contributed by atoms with Gasteiger partial charge in [0.05, 0.1) is 0 Å². The standard InChI is InChI=1S/C32H56N2/c1-2-5-10-14-18-23-34-26-29-19-15-11-7-4-6-9-13-17-22-33-24-21-32(31(25-29)28-34)30(27-33)20-16-12-8-3-1/h4,6,8,12,29-32H,1-3,5,7,9-11,13-28H2/b6-4-,12-8+/t29-,30+,31+,32-/m0/s1. The summed E-state index contributed by atoms with van der Waals surface area (Å²) in [6, 6.07) is 0. The maximum atomic E-state index is 2.94. The fourth-order valence-electron chi connectivity index (χ4n) is 7.68. The van der Waals surface area contributed by atoms with Gasteiger partial charge in [-0.1, -0.05) is 56.4 Å². The first kappa shape index (κ1) is 26.5. The number of fused-ring (bicyclic) bond motifs is 10. The number of hydrogen-bond acceptors (Lipinski definition) is 2. The zero-order valence-electron chi connectivity index (χ0n) is 22.5. The molecule has 2 unspecified atom stereocenters. The topological polar surface area (TPSA) is 6.48 Å². The highest BCUT2D eigenvalue weighted by Gasteiger charge is 2.38. The summed E-state index contributed by atoms with van der Waals surface area (Å²) in [5, 5.41) is 0. The maximum absolute atomic E-state index is 2.94. The van der Waals surface area contributed by atoms with Gasteiger partial charge in [0, 0.05) is 19.6 Å². The first-order valence-corrected chi connectivity index (χ1v) is 15.6. The van der Waals surface area contributed by atoms with Crippen LogP contribution in [-0.2, 0) is 0 Å². The Labute approximate surface area is 212 Å². The first-order chi connectivity index (χ1) is 16.9. The molecule has 2 heteroatoms. The molecule has 5 aliphatic rings. The third kappa shape index (κ3) is 9.12. The lowest BCUT2D eigenvalue weighted by molar-refractivity contribution is 0.0196. The molecule has 2 nitrogen and oxygen atoms in total. The van der Waals surface area contributed by atoms with Crippen molar-refractivity contribution in [3.8, 4) is 0 Å². The van der Waals surface area contributed by atoms with E-state index in [2.05, 4.69) is 34.1 Å². The fraction of sp³-hybridized carbons (Fsp3) is 0.875. The summed E-state index contributed by atoms with van der Waals surface area (Å²) in [6.45, 7) is 8.28. The van der Waals surface area contributed by atoms with Crippen molar-refractivity contribution in [1.29, 1.82) is 0 Å². The van der Waals surface area contributed by atoms with E-state index in [1.165, 1.54) is 155 Å². The van der Waals surface area contributed by atoms with Gasteiger partial charge >= 0.3 is 0 Å². The van der Waals surface area contributed by atoms with E-state index in [0.29, 0.717) is 0 Å². The van der Waals surface area contributed by atoms with Crippen molar-refractivity contribution >= 4 is 0 Å². The van der Waals surface area contributed by atoms with Gasteiger partial charge in [-0.15, -0.1) is 0 Å². The van der Waals surface area contributed by atoms with Crippen LogP contribution in [-0.4, -0.2) is 49.1 Å². The van der Waals surface area contributed by atoms with Gasteiger partial charge < -0.3 is 9.80 Å². The van der Waals surface area contributed by atoms with Crippen LogP contribution in [0.3, 0.4) is 0 Å². The molecular weight excluding hydrogens is 412 g/mol. The minimum atomic E-state index is 0.926. The average Bonchev–Trinajstić information content (AvgIpc) is 2.85. The second-order valence-electron chi connectivity index (χ2n) is 12.3. The van der Waals surface area contributed by atoms with Gasteiger partial charge in [0.25, 0.3) is 0 Å². The molecule has 6 bridgehead atoms. The van der Waals surface area contributed by atoms with Crippen LogP contribution < -0.4 is 0 Å². The highest BCUT2D eigenvalue weighted by molar-refractivity contribution is 4.92. The molecule has 194 valence electrons. The van der Waals surface area contributed by atoms with E-state index in [1.807, 2.05) is 0 Å². The van der Waals surface area contributed by atoms with E-state index in [9.17, 15) is 0 Å². The summed E-state index contributed by atoms with van der Waals surface area (Å²) in [5.41, 5.74) is 0. The lowest BCUT2D eigenvalue weighted by Gasteiger charge is -2.47. The molecular formula is C32H56N2. The van der Waals surface area contributed by atoms with Crippen molar-refractivity contribution < 1.29 is 0 Å². The molecule has 5 rings (SSSR count). The smallest absolute Gasteiger partial charge is 0.00127 e. The van der Waals surface area contributed by atoms with Crippen LogP contribution in [0, 0.1) is 23.7 Å². The molecule has 5 heterocycles. The van der Waals surface area contributed by atoms with E-state index in [1.54, 1.807) is 0 Å². The fourth-order valence-corrected chi connectivity index (χ4v) is 7.68. The van der Waals surface area contributed by atoms with E-state index >= 15 is 0 Å². The van der Waals surface area contributed by atoms with Gasteiger partial charge in [0.2, 0.25) is 0 Å². The molecule has 6 atom stereocenters. The largest absolute Gasteiger partial charge is 0.303 e. The van der Waals surface area contributed by atoms with E-state index in [-0.39, 0.29) is 0 Å². The van der Waals surface area contributed by atoms with Crippen LogP contribution in [0.5, 0.6) is 0 Å². The quantitative estimate of drug-likeness (QED) is 0.330. The molecule has 0 aromatic rings. The van der Waals surface area contributed by atoms with Gasteiger partial charge in [-0.2, -0.15) is 0 Å². The van der Waals surface area contributed by atoms with Crippen LogP contribution in [0.1, 0.15) is 116 Å². The van der Waals surface area contributed by atoms with Crippen LogP contribution >= 0.6 is 0 Å². The molecule has 0 aliphatic carbocycles. The average molecular weight is 469 g/mol. The number of nitrogens with zero attached hydrogens (tertiary/aromatic N) is 2. The Bertz CT molecular complexity index is 596. The monoisotopic (exact) mass is 468 g/mol. The molecule has 0 radical (unpaired) electrons. The normalized spacial score (nSPS) is 39.8. The molecule has 0 amide bonds. The van der Waals surface area contributed by atoms with E-state index in [4.69, 9.17) is 0 Å². The maximum Gasteiger partial charge on any atom is 0.00127 e. The van der Waals surface area contributed by atoms with Crippen LogP contribution in [0.4, 0.5) is 0 Å². The summed E-state index contributed by atoms with van der Waals surface area (Å²) in [6.07, 6.45) is 35.4. The molecule has 2 fully saturated rings. The van der Waals surface area contributed by atoms with Gasteiger partial charge in [0.1, 0.15) is 0 Å². The van der Waals surface area contributed by atoms with Crippen molar-refractivity contribution in [3.05, 3.63) is 24.3 Å². The van der Waals surface area contributed by atoms with Crippen molar-refractivity contribution in [2.45, 2.75) is 116 Å². The molecule has 2 saturated heterocycles. The Balaban J connectivity index is 1.47. The van der Waals surface area contributed by atoms with Crippen LogP contribution in [0.25, 0.3) is 0 Å². The van der Waals surface area contributed by atoms with Gasteiger partial charge in [-0.05, 0) is 127 Å². The second kappa shape index (κ2) is 15.5. The zero-order chi connectivity index (χ0) is 23.3. The molecule has 5 aliphatic heterocycles. The summed E-state index contributed by atoms with van der Waals surface area (Å²) < 4.78 is 0. The van der Waals surface area contributed by atoms with Crippen LogP contribution in [0.15, 0.2) is 24.3 Å². The van der Waals surface area contributed by atoms with Gasteiger partial charge in [0.15, 0.2) is 0 Å². The highest BCUT2D eigenvalue weighted by Crippen LogP contribution is 2.40. The number of allylic oxidation sites excluding steroid dienone is 4. The second-order valence-corrected chi connectivity index (χ2v) is 12.3. The molecule has 34 heavy (non-hydrogen) atoms. The Morgan fingerprint density at radius 2 is 1.06 bits per heavy atom. The predicted octanol–water partition coefficient (Wildman–Crippen LogP) is 8.24. The third-order valence-corrected chi connectivity index (χ3v) is 9.59. The van der Waals surface area contributed by atoms with Gasteiger partial charge in [-0.25, -0.2) is 0 Å². The Hall–Kier alpha value is -0.600. The SMILES string of the molecule is C1=C\CCCCN2CC[C@H]3[C@H](CC/C=C/CCCCCCCCN4C[C@@H](CCCC/1)C[C@@H]3C4)C2. The lowest BCUT2D eigenvalue weighted by atomic mass is 9.69. The highest BCUT2D eigenvalue weighted by atomic mass is 15.1. The lowest BCUT2D eigenvalue weighted by Crippen LogP contribution is -2.49. The molecule has 0 N–H and O–H groups in total. The number of piperidine rings is 2. The molecule has 0 saturated carbocycles. The van der Waals surface area contributed by atoms with Gasteiger partial charge in [-0.3, -0.25) is 0 Å². The summed E-state index contributed by atoms with van der Waals surface area (Å²) >= 11 is 0. The first-order valence-electron chi connectivity index (χ1n) is 15.6. The predicted molar refractivity (Wildman–Crippen MR) is 148 cm³/mol. The van der Waals surface area contributed by atoms with Crippen molar-refractivity contribution in [2.24, 2.45) is 23.7 Å². The molecule has 0 aromatic heterocycles.